The monoisotopic (exact) mass is 759 g/mol. The average molecular weight is 761 g/mol. The van der Waals surface area contributed by atoms with Gasteiger partial charge in [0.05, 0.1) is 47.9 Å². The minimum absolute atomic E-state index is 0.0166. The van der Waals surface area contributed by atoms with Gasteiger partial charge in [0.1, 0.15) is 12.3 Å². The van der Waals surface area contributed by atoms with Crippen LogP contribution in [-0.4, -0.2) is 77.6 Å². The van der Waals surface area contributed by atoms with Crippen LogP contribution >= 0.6 is 23.2 Å². The number of ether oxygens (including phenoxy) is 5. The Hall–Kier alpha value is -4.41. The Morgan fingerprint density at radius 3 is 2.30 bits per heavy atom. The zero-order valence-electron chi connectivity index (χ0n) is 26.8. The average Bonchev–Trinajstić information content (AvgIpc) is 3.89. The molecule has 1 amide bonds. The van der Waals surface area contributed by atoms with Crippen molar-refractivity contribution in [3.05, 3.63) is 75.5 Å². The van der Waals surface area contributed by atoms with Crippen LogP contribution in [0.3, 0.4) is 0 Å². The van der Waals surface area contributed by atoms with E-state index in [-0.39, 0.29) is 51.6 Å². The molecular weight excluding hydrogens is 727 g/mol. The number of carbonyl (C=O) groups excluding carboxylic acids is 3. The van der Waals surface area contributed by atoms with Gasteiger partial charge in [0.2, 0.25) is 15.9 Å². The molecule has 1 saturated carbocycles. The molecule has 1 fully saturated rings. The predicted octanol–water partition coefficient (Wildman–Crippen LogP) is 4.77. The molecule has 2 N–H and O–H groups in total. The number of esters is 2. The number of carbonyl (C=O) groups is 3. The summed E-state index contributed by atoms with van der Waals surface area (Å²) >= 11 is 12.7. The molecule has 4 rings (SSSR count). The smallest absolute Gasteiger partial charge is 0.387 e. The number of benzene rings is 2. The fourth-order valence-electron chi connectivity index (χ4n) is 4.71. The normalized spacial score (nSPS) is 13.3. The number of aromatic nitrogens is 1. The van der Waals surface area contributed by atoms with Gasteiger partial charge in [-0.25, -0.2) is 18.0 Å². The summed E-state index contributed by atoms with van der Waals surface area (Å²) in [6, 6.07) is 8.02. The highest BCUT2D eigenvalue weighted by molar-refractivity contribution is 7.92. The maximum absolute atomic E-state index is 13.1. The second-order valence-corrected chi connectivity index (χ2v) is 13.9. The van der Waals surface area contributed by atoms with E-state index in [1.807, 2.05) is 0 Å². The number of nitrogens with two attached hydrogens (primary N) is 1. The first-order chi connectivity index (χ1) is 23.7. The molecule has 1 aromatic heterocycles. The predicted molar refractivity (Wildman–Crippen MR) is 178 cm³/mol. The number of primary amides is 1. The maximum atomic E-state index is 13.1. The zero-order valence-corrected chi connectivity index (χ0v) is 29.1. The van der Waals surface area contributed by atoms with E-state index in [4.69, 9.17) is 47.9 Å². The SMILES string of the molecule is COc1ccc(C(=O)OCC(=O)OC[C@@H](Cc2c(Cl)cncc2Cl)c2ccc(OC(F)F)c(OCC3CC3)c2)cc1N(CC(N)=O)S(C)(=O)=O. The van der Waals surface area contributed by atoms with Crippen LogP contribution in [0.1, 0.15) is 40.2 Å². The highest BCUT2D eigenvalue weighted by atomic mass is 35.5. The molecule has 13 nitrogen and oxygen atoms in total. The second-order valence-electron chi connectivity index (χ2n) is 11.2. The fraction of sp³-hybridized carbons (Fsp3) is 0.375. The number of anilines is 1. The molecule has 0 bridgehead atoms. The minimum Gasteiger partial charge on any atom is -0.495 e. The zero-order chi connectivity index (χ0) is 36.6. The Morgan fingerprint density at radius 1 is 1.02 bits per heavy atom. The van der Waals surface area contributed by atoms with Crippen molar-refractivity contribution < 1.29 is 55.3 Å². The van der Waals surface area contributed by atoms with Crippen molar-refractivity contribution in [3.63, 3.8) is 0 Å². The molecule has 0 spiro atoms. The first-order valence-corrected chi connectivity index (χ1v) is 17.5. The second kappa shape index (κ2) is 17.0. The van der Waals surface area contributed by atoms with Gasteiger partial charge in [0.15, 0.2) is 18.1 Å². The summed E-state index contributed by atoms with van der Waals surface area (Å²) in [7, 11) is -2.78. The number of hydrogen-bond donors (Lipinski definition) is 1. The molecule has 0 saturated heterocycles. The highest BCUT2D eigenvalue weighted by Crippen LogP contribution is 2.38. The van der Waals surface area contributed by atoms with Crippen LogP contribution in [0.4, 0.5) is 14.5 Å². The van der Waals surface area contributed by atoms with E-state index in [0.717, 1.165) is 25.2 Å². The molecule has 1 aliphatic carbocycles. The van der Waals surface area contributed by atoms with E-state index in [9.17, 15) is 31.6 Å². The van der Waals surface area contributed by atoms with E-state index in [2.05, 4.69) is 9.72 Å². The van der Waals surface area contributed by atoms with E-state index >= 15 is 0 Å². The molecule has 18 heteroatoms. The van der Waals surface area contributed by atoms with Gasteiger partial charge in [-0.3, -0.25) is 14.1 Å². The van der Waals surface area contributed by atoms with Crippen LogP contribution in [0.2, 0.25) is 10.0 Å². The molecule has 1 aliphatic rings. The third-order valence-electron chi connectivity index (χ3n) is 7.38. The van der Waals surface area contributed by atoms with E-state index in [1.165, 1.54) is 49.8 Å². The van der Waals surface area contributed by atoms with Gasteiger partial charge in [-0.2, -0.15) is 8.78 Å². The first kappa shape index (κ1) is 38.4. The van der Waals surface area contributed by atoms with Gasteiger partial charge in [0.25, 0.3) is 0 Å². The molecule has 0 radical (unpaired) electrons. The number of halogens is 4. The molecule has 3 aromatic rings. The molecular formula is C32H33Cl2F2N3O10S. The van der Waals surface area contributed by atoms with Crippen LogP contribution in [0.5, 0.6) is 17.2 Å². The van der Waals surface area contributed by atoms with Crippen LogP contribution in [-0.2, 0) is 35.5 Å². The van der Waals surface area contributed by atoms with Crippen molar-refractivity contribution in [2.75, 3.05) is 44.0 Å². The molecule has 2 aromatic carbocycles. The third-order valence-corrected chi connectivity index (χ3v) is 9.16. The van der Waals surface area contributed by atoms with Gasteiger partial charge >= 0.3 is 18.6 Å². The lowest BCUT2D eigenvalue weighted by atomic mass is 9.92. The molecule has 50 heavy (non-hydrogen) atoms. The van der Waals surface area contributed by atoms with Crippen LogP contribution in [0.25, 0.3) is 0 Å². The number of rotatable bonds is 18. The Morgan fingerprint density at radius 2 is 1.70 bits per heavy atom. The first-order valence-electron chi connectivity index (χ1n) is 14.9. The molecule has 0 unspecified atom stereocenters. The Balaban J connectivity index is 1.51. The lowest BCUT2D eigenvalue weighted by Crippen LogP contribution is -2.38. The number of pyridine rings is 1. The highest BCUT2D eigenvalue weighted by Gasteiger charge is 2.27. The summed E-state index contributed by atoms with van der Waals surface area (Å²) in [5.41, 5.74) is 5.89. The van der Waals surface area contributed by atoms with Crippen LogP contribution < -0.4 is 24.2 Å². The van der Waals surface area contributed by atoms with Gasteiger partial charge in [-0.15, -0.1) is 0 Å². The van der Waals surface area contributed by atoms with Gasteiger partial charge in [-0.05, 0) is 66.6 Å². The maximum Gasteiger partial charge on any atom is 0.387 e. The van der Waals surface area contributed by atoms with Crippen molar-refractivity contribution in [2.45, 2.75) is 31.8 Å². The Labute approximate surface area is 296 Å². The van der Waals surface area contributed by atoms with E-state index in [1.54, 1.807) is 0 Å². The van der Waals surface area contributed by atoms with Crippen molar-refractivity contribution in [3.8, 4) is 17.2 Å². The summed E-state index contributed by atoms with van der Waals surface area (Å²) in [6.07, 6.45) is 5.67. The van der Waals surface area contributed by atoms with E-state index in [0.29, 0.717) is 28.0 Å². The molecule has 1 heterocycles. The summed E-state index contributed by atoms with van der Waals surface area (Å²) in [4.78, 5) is 41.2. The standard InChI is InChI=1S/C32H33Cl2F2N3O10S/c1-45-26-7-6-20(10-25(26)39(14-29(37)40)50(2,43)44)31(42)48-17-30(41)47-16-21(9-22-23(33)12-38-13-24(22)34)19-5-8-27(49-32(35)36)28(11-19)46-15-18-3-4-18/h5-8,10-13,18,21,32H,3-4,9,14-17H2,1-2H3,(H2,37,40)/t21-/m1/s1. The Bertz CT molecular complexity index is 1810. The van der Waals surface area contributed by atoms with Crippen LogP contribution in [0, 0.1) is 5.92 Å². The summed E-state index contributed by atoms with van der Waals surface area (Å²) in [5.74, 6) is -3.32. The third kappa shape index (κ3) is 10.8. The Kier molecular flexibility index (Phi) is 13.1. The van der Waals surface area contributed by atoms with Crippen molar-refractivity contribution in [2.24, 2.45) is 11.7 Å². The molecule has 1 atom stereocenters. The van der Waals surface area contributed by atoms with Gasteiger partial charge in [0, 0.05) is 18.3 Å². The van der Waals surface area contributed by atoms with Gasteiger partial charge < -0.3 is 29.4 Å². The lowest BCUT2D eigenvalue weighted by Gasteiger charge is -2.23. The molecule has 0 aliphatic heterocycles. The fourth-order valence-corrected chi connectivity index (χ4v) is 6.09. The molecule has 270 valence electrons. The summed E-state index contributed by atoms with van der Waals surface area (Å²) in [5, 5.41) is 0.490. The summed E-state index contributed by atoms with van der Waals surface area (Å²) in [6.45, 7) is -4.63. The lowest BCUT2D eigenvalue weighted by molar-refractivity contribution is -0.147. The summed E-state index contributed by atoms with van der Waals surface area (Å²) < 4.78 is 77.9. The number of methoxy groups -OCH3 is 1. The van der Waals surface area contributed by atoms with E-state index < -0.39 is 53.6 Å². The topological polar surface area (TPSA) is 174 Å². The number of amides is 1. The van der Waals surface area contributed by atoms with Crippen molar-refractivity contribution >= 4 is 56.8 Å². The number of hydrogen-bond acceptors (Lipinski definition) is 11. The van der Waals surface area contributed by atoms with Crippen molar-refractivity contribution in [1.29, 1.82) is 0 Å². The largest absolute Gasteiger partial charge is 0.495 e. The van der Waals surface area contributed by atoms with Gasteiger partial charge in [-0.1, -0.05) is 29.3 Å². The van der Waals surface area contributed by atoms with Crippen LogP contribution in [0.15, 0.2) is 48.8 Å². The quantitative estimate of drug-likeness (QED) is 0.177. The van der Waals surface area contributed by atoms with Crippen molar-refractivity contribution in [1.82, 2.24) is 4.98 Å². The minimum atomic E-state index is -4.04. The number of sulfonamides is 1. The number of alkyl halides is 2. The number of nitrogens with zero attached hydrogens (tertiary/aromatic N) is 2.